The van der Waals surface area contributed by atoms with Crippen LogP contribution in [0.4, 0.5) is 0 Å². The Morgan fingerprint density at radius 3 is 1.98 bits per heavy atom. The molecule has 0 aromatic carbocycles. The van der Waals surface area contributed by atoms with Crippen molar-refractivity contribution in [2.75, 3.05) is 0 Å². The number of pyridine rings is 1. The smallest absolute Gasteiger partial charge is 0.305 e. The summed E-state index contributed by atoms with van der Waals surface area (Å²) in [6.45, 7) is 34.0. The van der Waals surface area contributed by atoms with Gasteiger partial charge < -0.3 is 19.1 Å². The number of nitrogens with zero attached hydrogens (tertiary/aromatic N) is 1. The van der Waals surface area contributed by atoms with E-state index >= 15 is 0 Å². The molecule has 0 saturated carbocycles. The van der Waals surface area contributed by atoms with Gasteiger partial charge in [-0.3, -0.25) is 14.6 Å². The van der Waals surface area contributed by atoms with Gasteiger partial charge in [0.2, 0.25) is 0 Å². The standard InChI is InChI=1S/C42H75NO6Si2/c1-17-21-34(39(47)42(11,12)36(29-37(45)46)48-50(13,14)40(5,6)7)38(49-51(15,16)41(8,9)10)31(3)23-20-22-30(2)25-26-35(44)32(4)28-33-24-18-19-27-43-33/h18-19,24-25,27-28,31,34-36,38,44H,17,20-23,26,29H2,1-16H3,(H,45,46)/b30-25+,32-28+/t31-,34+,35-,36-,38-/m0/s1. The lowest BCUT2D eigenvalue weighted by Gasteiger charge is -2.47. The van der Waals surface area contributed by atoms with E-state index in [1.807, 2.05) is 45.0 Å². The third kappa shape index (κ3) is 14.4. The van der Waals surface area contributed by atoms with E-state index in [4.69, 9.17) is 8.85 Å². The van der Waals surface area contributed by atoms with E-state index in [1.165, 1.54) is 5.57 Å². The predicted octanol–water partition coefficient (Wildman–Crippen LogP) is 11.3. The van der Waals surface area contributed by atoms with Crippen LogP contribution in [0.5, 0.6) is 0 Å². The summed E-state index contributed by atoms with van der Waals surface area (Å²) in [5, 5.41) is 20.6. The summed E-state index contributed by atoms with van der Waals surface area (Å²) in [5.41, 5.74) is 1.93. The van der Waals surface area contributed by atoms with Crippen molar-refractivity contribution in [2.45, 2.75) is 183 Å². The van der Waals surface area contributed by atoms with Crippen LogP contribution in [0, 0.1) is 17.3 Å². The van der Waals surface area contributed by atoms with E-state index < -0.39 is 40.2 Å². The summed E-state index contributed by atoms with van der Waals surface area (Å²) in [5.74, 6) is -1.18. The molecule has 5 atom stereocenters. The maximum Gasteiger partial charge on any atom is 0.305 e. The number of hydrogen-bond acceptors (Lipinski definition) is 6. The zero-order chi connectivity index (χ0) is 39.6. The Bertz CT molecular complexity index is 1310. The molecule has 0 aliphatic heterocycles. The van der Waals surface area contributed by atoms with Gasteiger partial charge >= 0.3 is 5.97 Å². The summed E-state index contributed by atoms with van der Waals surface area (Å²) in [6, 6.07) is 5.75. The summed E-state index contributed by atoms with van der Waals surface area (Å²) < 4.78 is 14.0. The number of hydrogen-bond donors (Lipinski definition) is 2. The monoisotopic (exact) mass is 746 g/mol. The number of allylic oxidation sites excluding steroid dienone is 1. The first-order chi connectivity index (χ1) is 23.2. The molecule has 7 nitrogen and oxygen atoms in total. The van der Waals surface area contributed by atoms with Crippen LogP contribution in [0.2, 0.25) is 36.3 Å². The molecule has 9 heteroatoms. The zero-order valence-corrected chi connectivity index (χ0v) is 37.3. The number of rotatable bonds is 21. The lowest BCUT2D eigenvalue weighted by Crippen LogP contribution is -2.55. The van der Waals surface area contributed by atoms with E-state index in [1.54, 1.807) is 6.20 Å². The number of aliphatic hydroxyl groups is 1. The Hall–Kier alpha value is -1.92. The Kier molecular flexibility index (Phi) is 17.9. The van der Waals surface area contributed by atoms with E-state index in [9.17, 15) is 19.8 Å². The molecule has 0 spiro atoms. The molecular formula is C42H75NO6Si2. The van der Waals surface area contributed by atoms with Crippen LogP contribution < -0.4 is 0 Å². The van der Waals surface area contributed by atoms with Crippen LogP contribution in [0.15, 0.2) is 41.6 Å². The number of carbonyl (C=O) groups is 2. The van der Waals surface area contributed by atoms with Gasteiger partial charge in [-0.1, -0.05) is 93.4 Å². The lowest BCUT2D eigenvalue weighted by atomic mass is 9.71. The molecule has 0 saturated heterocycles. The van der Waals surface area contributed by atoms with Crippen molar-refractivity contribution in [3.63, 3.8) is 0 Å². The average molecular weight is 746 g/mol. The molecule has 0 aliphatic carbocycles. The van der Waals surface area contributed by atoms with E-state index in [0.29, 0.717) is 12.8 Å². The molecular weight excluding hydrogens is 671 g/mol. The zero-order valence-electron chi connectivity index (χ0n) is 35.3. The average Bonchev–Trinajstić information content (AvgIpc) is 2.99. The second-order valence-corrected chi connectivity index (χ2v) is 28.1. The minimum atomic E-state index is -2.39. The van der Waals surface area contributed by atoms with Crippen molar-refractivity contribution in [1.82, 2.24) is 4.98 Å². The minimum absolute atomic E-state index is 0.0408. The fourth-order valence-corrected chi connectivity index (χ4v) is 8.77. The SMILES string of the molecule is CCC[C@@H](C(=O)C(C)(C)[C@H](CC(=O)O)O[Si](C)(C)C(C)(C)C)[C@@H](O[Si](C)(C)C(C)(C)C)[C@@H](C)CCC/C(C)=C/C[C@H](O)/C(C)=C/c1ccccn1. The first kappa shape index (κ1) is 47.1. The first-order valence-electron chi connectivity index (χ1n) is 19.2. The van der Waals surface area contributed by atoms with Gasteiger partial charge in [-0.2, -0.15) is 0 Å². The topological polar surface area (TPSA) is 106 Å². The van der Waals surface area contributed by atoms with Crippen molar-refractivity contribution in [1.29, 1.82) is 0 Å². The number of aliphatic hydroxyl groups excluding tert-OH is 1. The largest absolute Gasteiger partial charge is 0.481 e. The molecule has 0 unspecified atom stereocenters. The lowest BCUT2D eigenvalue weighted by molar-refractivity contribution is -0.147. The summed E-state index contributed by atoms with van der Waals surface area (Å²) in [6.07, 6.45) is 8.75. The van der Waals surface area contributed by atoms with Gasteiger partial charge in [0.05, 0.1) is 30.4 Å². The number of carboxylic acid groups (broad SMARTS) is 1. The van der Waals surface area contributed by atoms with Crippen molar-refractivity contribution < 1.29 is 28.7 Å². The van der Waals surface area contributed by atoms with Crippen molar-refractivity contribution >= 4 is 34.5 Å². The second kappa shape index (κ2) is 19.4. The van der Waals surface area contributed by atoms with Crippen LogP contribution in [0.3, 0.4) is 0 Å². The van der Waals surface area contributed by atoms with Crippen LogP contribution in [-0.4, -0.2) is 61.9 Å². The quantitative estimate of drug-likeness (QED) is 0.0953. The van der Waals surface area contributed by atoms with Gasteiger partial charge in [0.15, 0.2) is 16.6 Å². The first-order valence-corrected chi connectivity index (χ1v) is 25.0. The number of Topliss-reactive ketones (excluding diaryl/α,β-unsaturated/α-hetero) is 1. The number of carboxylic acids is 1. The van der Waals surface area contributed by atoms with Crippen LogP contribution in [-0.2, 0) is 18.4 Å². The third-order valence-corrected chi connectivity index (χ3v) is 20.6. The molecule has 0 radical (unpaired) electrons. The Balaban J connectivity index is 3.35. The van der Waals surface area contributed by atoms with Gasteiger partial charge in [0, 0.05) is 17.5 Å². The third-order valence-electron chi connectivity index (χ3n) is 11.7. The highest BCUT2D eigenvalue weighted by molar-refractivity contribution is 6.74. The van der Waals surface area contributed by atoms with E-state index in [0.717, 1.165) is 37.0 Å². The molecule has 2 N–H and O–H groups in total. The van der Waals surface area contributed by atoms with E-state index in [-0.39, 0.29) is 40.2 Å². The molecule has 1 aromatic heterocycles. The van der Waals surface area contributed by atoms with Crippen LogP contribution in [0.1, 0.15) is 134 Å². The predicted molar refractivity (Wildman–Crippen MR) is 219 cm³/mol. The van der Waals surface area contributed by atoms with Gasteiger partial charge in [-0.15, -0.1) is 0 Å². The van der Waals surface area contributed by atoms with Crippen LogP contribution in [0.25, 0.3) is 6.08 Å². The highest BCUT2D eigenvalue weighted by Crippen LogP contribution is 2.45. The molecule has 1 aromatic rings. The maximum atomic E-state index is 14.9. The minimum Gasteiger partial charge on any atom is -0.481 e. The molecule has 51 heavy (non-hydrogen) atoms. The number of carbonyl (C=O) groups excluding carboxylic acids is 1. The number of aromatic nitrogens is 1. The number of aliphatic carboxylic acids is 1. The summed E-state index contributed by atoms with van der Waals surface area (Å²) in [7, 11) is -4.68. The van der Waals surface area contributed by atoms with E-state index in [2.05, 4.69) is 99.6 Å². The second-order valence-electron chi connectivity index (χ2n) is 18.6. The Morgan fingerprint density at radius 1 is 0.922 bits per heavy atom. The van der Waals surface area contributed by atoms with Crippen molar-refractivity contribution in [2.24, 2.45) is 17.3 Å². The Morgan fingerprint density at radius 2 is 1.49 bits per heavy atom. The molecule has 0 amide bonds. The molecule has 0 fully saturated rings. The fourth-order valence-electron chi connectivity index (χ4n) is 5.90. The van der Waals surface area contributed by atoms with Crippen molar-refractivity contribution in [3.05, 3.63) is 47.3 Å². The summed E-state index contributed by atoms with van der Waals surface area (Å²) >= 11 is 0. The highest BCUT2D eigenvalue weighted by Gasteiger charge is 2.50. The molecule has 292 valence electrons. The maximum absolute atomic E-state index is 14.9. The normalized spacial score (nSPS) is 17.1. The van der Waals surface area contributed by atoms with Gasteiger partial charge in [0.1, 0.15) is 5.78 Å². The van der Waals surface area contributed by atoms with Crippen molar-refractivity contribution in [3.8, 4) is 0 Å². The molecule has 0 bridgehead atoms. The van der Waals surface area contributed by atoms with Gasteiger partial charge in [-0.25, -0.2) is 0 Å². The van der Waals surface area contributed by atoms with Crippen LogP contribution >= 0.6 is 0 Å². The molecule has 0 aliphatic rings. The molecule has 1 rings (SSSR count). The highest BCUT2D eigenvalue weighted by atomic mass is 28.4. The Labute approximate surface area is 314 Å². The van der Waals surface area contributed by atoms with Gasteiger partial charge in [-0.05, 0) is 112 Å². The number of ketones is 1. The summed E-state index contributed by atoms with van der Waals surface area (Å²) in [4.78, 5) is 31.5. The molecule has 1 heterocycles. The fraction of sp³-hybridized carbons (Fsp3) is 0.738. The van der Waals surface area contributed by atoms with Gasteiger partial charge in [0.25, 0.3) is 0 Å².